The Kier molecular flexibility index (Phi) is 4.05. The zero-order valence-electron chi connectivity index (χ0n) is 10.5. The van der Waals surface area contributed by atoms with Crippen molar-refractivity contribution in [3.8, 4) is 15.6 Å². The molecule has 21 heavy (non-hydrogen) atoms. The Morgan fingerprint density at radius 1 is 1.33 bits per heavy atom. The molecule has 3 rings (SSSR count). The van der Waals surface area contributed by atoms with Gasteiger partial charge >= 0.3 is 0 Å². The summed E-state index contributed by atoms with van der Waals surface area (Å²) in [5, 5.41) is 15.2. The van der Waals surface area contributed by atoms with Crippen molar-refractivity contribution in [2.24, 2.45) is 0 Å². The fourth-order valence-corrected chi connectivity index (χ4v) is 3.65. The first-order valence-corrected chi connectivity index (χ1v) is 8.42. The summed E-state index contributed by atoms with van der Waals surface area (Å²) in [6.45, 7) is 0. The van der Waals surface area contributed by atoms with Crippen LogP contribution in [0.5, 0.6) is 5.75 Å². The van der Waals surface area contributed by atoms with Crippen LogP contribution in [0.25, 0.3) is 9.88 Å². The van der Waals surface area contributed by atoms with Crippen molar-refractivity contribution in [3.63, 3.8) is 0 Å². The molecular formula is C14H9BrN2O2S2. The Morgan fingerprint density at radius 2 is 2.19 bits per heavy atom. The zero-order chi connectivity index (χ0) is 14.8. The predicted molar refractivity (Wildman–Crippen MR) is 89.2 cm³/mol. The topological polar surface area (TPSA) is 62.2 Å². The zero-order valence-corrected chi connectivity index (χ0v) is 13.8. The minimum atomic E-state index is -0.284. The molecule has 0 unspecified atom stereocenters. The Bertz CT molecular complexity index is 784. The number of nitrogens with zero attached hydrogens (tertiary/aromatic N) is 1. The van der Waals surface area contributed by atoms with Gasteiger partial charge in [0, 0.05) is 4.47 Å². The molecule has 106 valence electrons. The van der Waals surface area contributed by atoms with Gasteiger partial charge in [-0.3, -0.25) is 4.79 Å². The van der Waals surface area contributed by atoms with Crippen LogP contribution < -0.4 is 5.32 Å². The number of benzene rings is 1. The van der Waals surface area contributed by atoms with Crippen molar-refractivity contribution in [2.75, 3.05) is 5.32 Å². The summed E-state index contributed by atoms with van der Waals surface area (Å²) >= 11 is 6.16. The molecule has 0 atom stereocenters. The molecule has 1 amide bonds. The van der Waals surface area contributed by atoms with Crippen LogP contribution in [0.15, 0.2) is 46.4 Å². The maximum atomic E-state index is 12.2. The summed E-state index contributed by atoms with van der Waals surface area (Å²) in [6, 6.07) is 8.82. The van der Waals surface area contributed by atoms with E-state index < -0.39 is 0 Å². The first-order chi connectivity index (χ1) is 10.1. The lowest BCUT2D eigenvalue weighted by Crippen LogP contribution is -2.10. The number of rotatable bonds is 3. The third-order valence-electron chi connectivity index (χ3n) is 2.67. The fourth-order valence-electron chi connectivity index (χ4n) is 1.69. The van der Waals surface area contributed by atoms with Crippen molar-refractivity contribution in [1.29, 1.82) is 0 Å². The Labute approximate surface area is 137 Å². The van der Waals surface area contributed by atoms with E-state index in [0.29, 0.717) is 10.6 Å². The number of carbonyl (C=O) groups is 1. The second-order valence-electron chi connectivity index (χ2n) is 4.12. The number of phenolic OH excluding ortho intramolecular Hbond substituents is 1. The smallest absolute Gasteiger partial charge is 0.267 e. The van der Waals surface area contributed by atoms with E-state index in [0.717, 1.165) is 14.4 Å². The van der Waals surface area contributed by atoms with Crippen LogP contribution in [0.1, 0.15) is 9.67 Å². The molecule has 0 aliphatic heterocycles. The minimum absolute atomic E-state index is 0.0146. The number of halogens is 1. The number of thiazole rings is 1. The van der Waals surface area contributed by atoms with Gasteiger partial charge < -0.3 is 10.4 Å². The summed E-state index contributed by atoms with van der Waals surface area (Å²) < 4.78 is 0.746. The van der Waals surface area contributed by atoms with Gasteiger partial charge in [-0.1, -0.05) is 22.0 Å². The van der Waals surface area contributed by atoms with E-state index in [4.69, 9.17) is 0 Å². The summed E-state index contributed by atoms with van der Waals surface area (Å²) in [6.07, 6.45) is 1.55. The van der Waals surface area contributed by atoms with Crippen LogP contribution in [-0.4, -0.2) is 16.0 Å². The molecule has 0 saturated heterocycles. The highest BCUT2D eigenvalue weighted by molar-refractivity contribution is 9.10. The molecule has 0 fully saturated rings. The van der Waals surface area contributed by atoms with Crippen LogP contribution >= 0.6 is 38.6 Å². The van der Waals surface area contributed by atoms with E-state index in [-0.39, 0.29) is 11.7 Å². The van der Waals surface area contributed by atoms with Crippen LogP contribution in [-0.2, 0) is 0 Å². The van der Waals surface area contributed by atoms with Crippen molar-refractivity contribution in [1.82, 2.24) is 4.98 Å². The molecular weight excluding hydrogens is 372 g/mol. The van der Waals surface area contributed by atoms with Crippen LogP contribution in [0.2, 0.25) is 0 Å². The third kappa shape index (κ3) is 3.15. The molecule has 2 aromatic heterocycles. The molecule has 4 nitrogen and oxygen atoms in total. The number of hydrogen-bond acceptors (Lipinski definition) is 5. The fraction of sp³-hybridized carbons (Fsp3) is 0. The molecule has 2 heterocycles. The number of aromatic hydroxyl groups is 1. The lowest BCUT2D eigenvalue weighted by Gasteiger charge is -2.05. The normalized spacial score (nSPS) is 10.5. The highest BCUT2D eigenvalue weighted by atomic mass is 79.9. The second-order valence-corrected chi connectivity index (χ2v) is 7.02. The standard InChI is InChI=1S/C14H9BrN2O2S2/c15-8-3-4-9(10(18)6-8)17-13(19)12-7-16-14(21-12)11-2-1-5-20-11/h1-7,18H,(H,17,19). The summed E-state index contributed by atoms with van der Waals surface area (Å²) in [7, 11) is 0. The van der Waals surface area contributed by atoms with Gasteiger partial charge in [-0.05, 0) is 29.6 Å². The van der Waals surface area contributed by atoms with E-state index in [1.807, 2.05) is 17.5 Å². The number of anilines is 1. The van der Waals surface area contributed by atoms with Gasteiger partial charge in [-0.25, -0.2) is 4.98 Å². The Morgan fingerprint density at radius 3 is 2.90 bits per heavy atom. The van der Waals surface area contributed by atoms with E-state index in [9.17, 15) is 9.90 Å². The van der Waals surface area contributed by atoms with E-state index in [1.165, 1.54) is 17.4 Å². The minimum Gasteiger partial charge on any atom is -0.506 e. The van der Waals surface area contributed by atoms with Crippen LogP contribution in [0, 0.1) is 0 Å². The highest BCUT2D eigenvalue weighted by Crippen LogP contribution is 2.31. The summed E-state index contributed by atoms with van der Waals surface area (Å²) in [5.41, 5.74) is 0.370. The van der Waals surface area contributed by atoms with Crippen molar-refractivity contribution >= 4 is 50.2 Å². The van der Waals surface area contributed by atoms with Gasteiger partial charge in [-0.2, -0.15) is 0 Å². The molecule has 0 aliphatic carbocycles. The second kappa shape index (κ2) is 5.97. The molecule has 0 aliphatic rings. The van der Waals surface area contributed by atoms with Crippen LogP contribution in [0.3, 0.4) is 0 Å². The van der Waals surface area contributed by atoms with Crippen LogP contribution in [0.4, 0.5) is 5.69 Å². The van der Waals surface area contributed by atoms with Crippen molar-refractivity contribution in [3.05, 3.63) is 51.3 Å². The van der Waals surface area contributed by atoms with E-state index in [1.54, 1.807) is 29.7 Å². The monoisotopic (exact) mass is 380 g/mol. The molecule has 2 N–H and O–H groups in total. The Balaban J connectivity index is 1.79. The first-order valence-electron chi connectivity index (χ1n) is 5.93. The molecule has 0 radical (unpaired) electrons. The largest absolute Gasteiger partial charge is 0.506 e. The maximum absolute atomic E-state index is 12.2. The third-order valence-corrected chi connectivity index (χ3v) is 5.20. The molecule has 7 heteroatoms. The van der Waals surface area contributed by atoms with Crippen molar-refractivity contribution in [2.45, 2.75) is 0 Å². The van der Waals surface area contributed by atoms with E-state index >= 15 is 0 Å². The lowest BCUT2D eigenvalue weighted by atomic mass is 10.3. The van der Waals surface area contributed by atoms with Gasteiger partial charge in [0.15, 0.2) is 0 Å². The number of carbonyl (C=O) groups excluding carboxylic acids is 1. The average Bonchev–Trinajstić information content (AvgIpc) is 3.10. The number of hydrogen-bond donors (Lipinski definition) is 2. The number of nitrogens with one attached hydrogen (secondary N) is 1. The molecule has 1 aromatic carbocycles. The Hall–Kier alpha value is -1.70. The van der Waals surface area contributed by atoms with Gasteiger partial charge in [0.05, 0.1) is 16.8 Å². The molecule has 0 saturated carbocycles. The van der Waals surface area contributed by atoms with Gasteiger partial charge in [0.1, 0.15) is 15.6 Å². The molecule has 0 spiro atoms. The highest BCUT2D eigenvalue weighted by Gasteiger charge is 2.14. The van der Waals surface area contributed by atoms with Gasteiger partial charge in [0.25, 0.3) is 5.91 Å². The summed E-state index contributed by atoms with van der Waals surface area (Å²) in [4.78, 5) is 18.0. The number of aromatic nitrogens is 1. The summed E-state index contributed by atoms with van der Waals surface area (Å²) in [5.74, 6) is -0.270. The first kappa shape index (κ1) is 14.2. The molecule has 3 aromatic rings. The maximum Gasteiger partial charge on any atom is 0.267 e. The molecule has 0 bridgehead atoms. The number of phenols is 1. The van der Waals surface area contributed by atoms with E-state index in [2.05, 4.69) is 26.2 Å². The quantitative estimate of drug-likeness (QED) is 0.653. The number of thiophene rings is 1. The van der Waals surface area contributed by atoms with Crippen molar-refractivity contribution < 1.29 is 9.90 Å². The van der Waals surface area contributed by atoms with Gasteiger partial charge in [0.2, 0.25) is 0 Å². The average molecular weight is 381 g/mol. The predicted octanol–water partition coefficient (Wildman–Crippen LogP) is 4.59. The number of amides is 1. The van der Waals surface area contributed by atoms with Gasteiger partial charge in [-0.15, -0.1) is 22.7 Å². The SMILES string of the molecule is O=C(Nc1ccc(Br)cc1O)c1cnc(-c2cccs2)s1. The lowest BCUT2D eigenvalue weighted by molar-refractivity contribution is 0.103.